The predicted octanol–water partition coefficient (Wildman–Crippen LogP) is 3.09. The summed E-state index contributed by atoms with van der Waals surface area (Å²) in [4.78, 5) is 1.68. The first-order valence-electron chi connectivity index (χ1n) is 6.28. The molecule has 0 unspecified atom stereocenters. The summed E-state index contributed by atoms with van der Waals surface area (Å²) in [7, 11) is 3.61. The maximum atomic E-state index is 4.63. The Bertz CT molecular complexity index is 215. The molecule has 0 saturated heterocycles. The normalized spacial score (nSPS) is 35.3. The van der Waals surface area contributed by atoms with Crippen LogP contribution in [0.2, 0.25) is 0 Å². The quantitative estimate of drug-likeness (QED) is 0.310. The minimum absolute atomic E-state index is 0. The fourth-order valence-electron chi connectivity index (χ4n) is 2.48. The molecule has 2 nitrogen and oxygen atoms in total. The standard InChI is InChI=1S/C10H20.C3H8N2S2.Ir/c1-6-7(2)9(4)10(5)8(6)3;1-5(2)3(6)4-7;/h6-10H,1-5H3;7H,1-2H3,(H,4,6);/q;;+3/p-2. The average molecular weight is 467 g/mol. The molecule has 1 aliphatic carbocycles. The Labute approximate surface area is 138 Å². The van der Waals surface area contributed by atoms with Crippen molar-refractivity contribution in [1.82, 2.24) is 4.90 Å². The molecular formula is C13H26IrN2S2+. The monoisotopic (exact) mass is 467 g/mol. The van der Waals surface area contributed by atoms with Crippen LogP contribution in [0.3, 0.4) is 0 Å². The fraction of sp³-hybridized carbons (Fsp3) is 0.923. The van der Waals surface area contributed by atoms with Gasteiger partial charge in [-0.05, 0) is 29.6 Å². The summed E-state index contributed by atoms with van der Waals surface area (Å²) in [6.45, 7) is 12.0. The Balaban J connectivity index is 0. The molecule has 0 atom stereocenters. The van der Waals surface area contributed by atoms with Gasteiger partial charge in [0, 0.05) is 14.1 Å². The van der Waals surface area contributed by atoms with Crippen LogP contribution in [0, 0.1) is 29.6 Å². The van der Waals surface area contributed by atoms with E-state index in [4.69, 9.17) is 0 Å². The SMILES string of the molecule is CC1C(C)C(C)C(C)C1C.CN(C)/C([S-])=N/[S-].[Ir+3]. The molecule has 0 spiro atoms. The molecule has 0 N–H and O–H groups in total. The van der Waals surface area contributed by atoms with Gasteiger partial charge in [0.2, 0.25) is 0 Å². The second kappa shape index (κ2) is 9.46. The van der Waals surface area contributed by atoms with E-state index in [0.717, 1.165) is 29.6 Å². The summed E-state index contributed by atoms with van der Waals surface area (Å²) in [5.41, 5.74) is 0. The molecule has 1 fully saturated rings. The van der Waals surface area contributed by atoms with E-state index in [1.807, 2.05) is 0 Å². The van der Waals surface area contributed by atoms with Crippen molar-refractivity contribution in [2.75, 3.05) is 14.1 Å². The zero-order valence-corrected chi connectivity index (χ0v) is 16.5. The molecule has 1 aliphatic rings. The van der Waals surface area contributed by atoms with Gasteiger partial charge in [0.15, 0.2) is 0 Å². The molecule has 0 heterocycles. The maximum absolute atomic E-state index is 4.63. The van der Waals surface area contributed by atoms with Gasteiger partial charge in [-0.15, -0.1) is 0 Å². The Morgan fingerprint density at radius 3 is 1.11 bits per heavy atom. The van der Waals surface area contributed by atoms with Gasteiger partial charge < -0.3 is 34.7 Å². The molecule has 0 bridgehead atoms. The van der Waals surface area contributed by atoms with Gasteiger partial charge in [0.25, 0.3) is 0 Å². The van der Waals surface area contributed by atoms with E-state index in [1.165, 1.54) is 0 Å². The van der Waals surface area contributed by atoms with Crippen molar-refractivity contribution in [2.45, 2.75) is 34.6 Å². The zero-order valence-electron chi connectivity index (χ0n) is 12.4. The van der Waals surface area contributed by atoms with Crippen molar-refractivity contribution in [2.24, 2.45) is 34.0 Å². The first-order valence-corrected chi connectivity index (χ1v) is 7.06. The van der Waals surface area contributed by atoms with Crippen molar-refractivity contribution in [1.29, 1.82) is 0 Å². The Morgan fingerprint density at radius 2 is 1.06 bits per heavy atom. The summed E-state index contributed by atoms with van der Waals surface area (Å²) in [5, 5.41) is 0.454. The van der Waals surface area contributed by atoms with Crippen LogP contribution >= 0.6 is 0 Å². The van der Waals surface area contributed by atoms with Crippen LogP contribution in [0.4, 0.5) is 0 Å². The summed E-state index contributed by atoms with van der Waals surface area (Å²) in [6, 6.07) is 0. The smallest absolute Gasteiger partial charge is 0.745 e. The minimum atomic E-state index is 0. The number of hydrogen-bond acceptors (Lipinski definition) is 3. The molecule has 108 valence electrons. The van der Waals surface area contributed by atoms with Crippen LogP contribution in [0.15, 0.2) is 4.40 Å². The van der Waals surface area contributed by atoms with Gasteiger partial charge in [0.05, 0.1) is 0 Å². The molecule has 0 aromatic carbocycles. The van der Waals surface area contributed by atoms with E-state index in [0.29, 0.717) is 5.17 Å². The van der Waals surface area contributed by atoms with E-state index >= 15 is 0 Å². The van der Waals surface area contributed by atoms with Crippen molar-refractivity contribution < 1.29 is 20.1 Å². The Morgan fingerprint density at radius 1 is 0.833 bits per heavy atom. The number of hydrogen-bond donors (Lipinski definition) is 0. The van der Waals surface area contributed by atoms with E-state index in [-0.39, 0.29) is 20.1 Å². The minimum Gasteiger partial charge on any atom is -0.745 e. The molecule has 0 radical (unpaired) electrons. The maximum Gasteiger partial charge on any atom is 3.00 e. The number of nitrogens with zero attached hydrogens (tertiary/aromatic N) is 2. The summed E-state index contributed by atoms with van der Waals surface area (Å²) >= 11 is 8.93. The topological polar surface area (TPSA) is 15.6 Å². The van der Waals surface area contributed by atoms with Crippen LogP contribution in [-0.2, 0) is 45.5 Å². The number of amidine groups is 1. The molecule has 0 amide bonds. The molecule has 1 saturated carbocycles. The summed E-state index contributed by atoms with van der Waals surface area (Å²) in [5.74, 6) is 4.68. The molecule has 0 aromatic rings. The van der Waals surface area contributed by atoms with Gasteiger partial charge in [-0.3, -0.25) is 0 Å². The van der Waals surface area contributed by atoms with E-state index in [2.05, 4.69) is 64.5 Å². The average Bonchev–Trinajstić information content (AvgIpc) is 2.47. The third-order valence-electron chi connectivity index (χ3n) is 4.61. The third kappa shape index (κ3) is 5.68. The van der Waals surface area contributed by atoms with Gasteiger partial charge in [0.1, 0.15) is 0 Å². The summed E-state index contributed by atoms with van der Waals surface area (Å²) < 4.78 is 3.33. The molecule has 5 heteroatoms. The van der Waals surface area contributed by atoms with Crippen LogP contribution in [-0.4, -0.2) is 24.2 Å². The van der Waals surface area contributed by atoms with Crippen LogP contribution in [0.25, 0.3) is 0 Å². The van der Waals surface area contributed by atoms with Gasteiger partial charge >= 0.3 is 20.1 Å². The molecule has 18 heavy (non-hydrogen) atoms. The van der Waals surface area contributed by atoms with E-state index in [1.54, 1.807) is 19.0 Å². The van der Waals surface area contributed by atoms with Crippen molar-refractivity contribution in [3.8, 4) is 0 Å². The van der Waals surface area contributed by atoms with Gasteiger partial charge in [-0.2, -0.15) is 0 Å². The molecule has 0 aromatic heterocycles. The zero-order chi connectivity index (χ0) is 13.7. The summed E-state index contributed by atoms with van der Waals surface area (Å²) in [6.07, 6.45) is 0. The van der Waals surface area contributed by atoms with Crippen LogP contribution in [0.1, 0.15) is 34.6 Å². The van der Waals surface area contributed by atoms with Crippen LogP contribution < -0.4 is 0 Å². The largest absolute Gasteiger partial charge is 3.00 e. The van der Waals surface area contributed by atoms with Crippen molar-refractivity contribution in [3.05, 3.63) is 0 Å². The molecule has 0 aliphatic heterocycles. The van der Waals surface area contributed by atoms with Crippen LogP contribution in [0.5, 0.6) is 0 Å². The predicted molar refractivity (Wildman–Crippen MR) is 81.7 cm³/mol. The Kier molecular flexibility index (Phi) is 11.0. The van der Waals surface area contributed by atoms with Crippen molar-refractivity contribution >= 4 is 30.6 Å². The fourth-order valence-corrected chi connectivity index (χ4v) is 2.64. The van der Waals surface area contributed by atoms with E-state index < -0.39 is 0 Å². The third-order valence-corrected chi connectivity index (χ3v) is 5.35. The van der Waals surface area contributed by atoms with Gasteiger partial charge in [-0.25, -0.2) is 0 Å². The second-order valence-electron chi connectivity index (χ2n) is 5.56. The van der Waals surface area contributed by atoms with Crippen molar-refractivity contribution in [3.63, 3.8) is 0 Å². The molecular weight excluding hydrogens is 441 g/mol. The first kappa shape index (κ1) is 20.9. The van der Waals surface area contributed by atoms with E-state index in [9.17, 15) is 0 Å². The number of rotatable bonds is 0. The Hall–Kier alpha value is 0.559. The first-order chi connectivity index (χ1) is 7.73. The molecule has 1 rings (SSSR count). The van der Waals surface area contributed by atoms with Gasteiger partial charge in [-0.1, -0.05) is 39.8 Å². The second-order valence-corrected chi connectivity index (χ2v) is 6.11.